The predicted molar refractivity (Wildman–Crippen MR) is 72.6 cm³/mol. The highest BCUT2D eigenvalue weighted by Gasteiger charge is 2.20. The first kappa shape index (κ1) is 17.9. The highest BCUT2D eigenvalue weighted by molar-refractivity contribution is 5.75. The molecule has 1 fully saturated rings. The van der Waals surface area contributed by atoms with E-state index in [4.69, 9.17) is 0 Å². The molecule has 16 heavy (non-hydrogen) atoms. The third-order valence-corrected chi connectivity index (χ3v) is 2.82. The molecule has 0 aliphatic heterocycles. The topological polar surface area (TPSA) is 20.3 Å². The standard InChI is InChI=1S/C10H19NO.2C2H6/c1-3-10(12)11(2)9-7-5-4-6-8-9;2*1-2/h9H,3-8H2,1-2H3;2*1-2H3. The molecular formula is C14H31NO. The van der Waals surface area contributed by atoms with E-state index in [9.17, 15) is 4.79 Å². The van der Waals surface area contributed by atoms with Crippen molar-refractivity contribution in [3.05, 3.63) is 0 Å². The molecule has 0 N–H and O–H groups in total. The maximum absolute atomic E-state index is 11.3. The van der Waals surface area contributed by atoms with Gasteiger partial charge in [0.2, 0.25) is 5.91 Å². The van der Waals surface area contributed by atoms with Crippen LogP contribution in [0.5, 0.6) is 0 Å². The van der Waals surface area contributed by atoms with E-state index in [2.05, 4.69) is 0 Å². The third kappa shape index (κ3) is 6.86. The van der Waals surface area contributed by atoms with E-state index >= 15 is 0 Å². The summed E-state index contributed by atoms with van der Waals surface area (Å²) in [6, 6.07) is 0.534. The van der Waals surface area contributed by atoms with Crippen LogP contribution in [0, 0.1) is 0 Å². The van der Waals surface area contributed by atoms with E-state index in [1.165, 1.54) is 32.1 Å². The first-order valence-electron chi connectivity index (χ1n) is 7.01. The minimum Gasteiger partial charge on any atom is -0.343 e. The second kappa shape index (κ2) is 12.5. The number of hydrogen-bond acceptors (Lipinski definition) is 1. The van der Waals surface area contributed by atoms with Gasteiger partial charge in [-0.2, -0.15) is 0 Å². The molecule has 0 saturated heterocycles. The number of carbonyl (C=O) groups is 1. The Hall–Kier alpha value is -0.530. The smallest absolute Gasteiger partial charge is 0.222 e. The molecule has 1 aliphatic carbocycles. The maximum atomic E-state index is 11.3. The van der Waals surface area contributed by atoms with Gasteiger partial charge < -0.3 is 4.90 Å². The fourth-order valence-corrected chi connectivity index (χ4v) is 1.92. The van der Waals surface area contributed by atoms with E-state index in [-0.39, 0.29) is 0 Å². The van der Waals surface area contributed by atoms with Crippen LogP contribution in [0.4, 0.5) is 0 Å². The van der Waals surface area contributed by atoms with Crippen molar-refractivity contribution < 1.29 is 4.79 Å². The van der Waals surface area contributed by atoms with Crippen molar-refractivity contribution in [3.8, 4) is 0 Å². The van der Waals surface area contributed by atoms with E-state index in [1.807, 2.05) is 46.6 Å². The monoisotopic (exact) mass is 229 g/mol. The van der Waals surface area contributed by atoms with E-state index in [0.29, 0.717) is 18.4 Å². The highest BCUT2D eigenvalue weighted by Crippen LogP contribution is 2.21. The normalized spacial score (nSPS) is 15.1. The van der Waals surface area contributed by atoms with Gasteiger partial charge in [0.25, 0.3) is 0 Å². The fraction of sp³-hybridized carbons (Fsp3) is 0.929. The summed E-state index contributed by atoms with van der Waals surface area (Å²) in [5.74, 6) is 0.293. The Balaban J connectivity index is 0. The van der Waals surface area contributed by atoms with Crippen LogP contribution < -0.4 is 0 Å². The summed E-state index contributed by atoms with van der Waals surface area (Å²) >= 11 is 0. The Kier molecular flexibility index (Phi) is 14.0. The van der Waals surface area contributed by atoms with Crippen LogP contribution in [0.15, 0.2) is 0 Å². The van der Waals surface area contributed by atoms with Crippen LogP contribution in [0.1, 0.15) is 73.1 Å². The molecule has 0 spiro atoms. The summed E-state index contributed by atoms with van der Waals surface area (Å²) < 4.78 is 0. The summed E-state index contributed by atoms with van der Waals surface area (Å²) in [5, 5.41) is 0. The summed E-state index contributed by atoms with van der Waals surface area (Å²) in [6.07, 6.45) is 7.01. The largest absolute Gasteiger partial charge is 0.343 e. The van der Waals surface area contributed by atoms with Crippen molar-refractivity contribution in [1.82, 2.24) is 4.90 Å². The zero-order valence-corrected chi connectivity index (χ0v) is 12.2. The summed E-state index contributed by atoms with van der Waals surface area (Å²) in [4.78, 5) is 13.3. The first-order chi connectivity index (χ1) is 7.75. The Bertz CT molecular complexity index is 151. The van der Waals surface area contributed by atoms with Gasteiger partial charge in [0.1, 0.15) is 0 Å². The highest BCUT2D eigenvalue weighted by atomic mass is 16.2. The Morgan fingerprint density at radius 3 is 1.88 bits per heavy atom. The molecule has 2 nitrogen and oxygen atoms in total. The molecule has 98 valence electrons. The molecule has 2 heteroatoms. The van der Waals surface area contributed by atoms with Crippen molar-refractivity contribution in [2.75, 3.05) is 7.05 Å². The number of nitrogens with zero attached hydrogens (tertiary/aromatic N) is 1. The van der Waals surface area contributed by atoms with Crippen molar-refractivity contribution in [3.63, 3.8) is 0 Å². The first-order valence-corrected chi connectivity index (χ1v) is 7.01. The fourth-order valence-electron chi connectivity index (χ4n) is 1.92. The van der Waals surface area contributed by atoms with Gasteiger partial charge in [0.15, 0.2) is 0 Å². The molecule has 0 bridgehead atoms. The zero-order chi connectivity index (χ0) is 13.0. The number of rotatable bonds is 2. The van der Waals surface area contributed by atoms with E-state index in [1.54, 1.807) is 0 Å². The van der Waals surface area contributed by atoms with Crippen LogP contribution >= 0.6 is 0 Å². The van der Waals surface area contributed by atoms with Gasteiger partial charge in [-0.3, -0.25) is 4.79 Å². The van der Waals surface area contributed by atoms with Crippen molar-refractivity contribution in [1.29, 1.82) is 0 Å². The molecular weight excluding hydrogens is 198 g/mol. The van der Waals surface area contributed by atoms with Crippen molar-refractivity contribution >= 4 is 5.91 Å². The maximum Gasteiger partial charge on any atom is 0.222 e. The van der Waals surface area contributed by atoms with Gasteiger partial charge in [-0.1, -0.05) is 53.9 Å². The Morgan fingerprint density at radius 1 is 1.06 bits per heavy atom. The van der Waals surface area contributed by atoms with Gasteiger partial charge >= 0.3 is 0 Å². The average Bonchev–Trinajstić information content (AvgIpc) is 2.42. The number of carbonyl (C=O) groups excluding carboxylic acids is 1. The lowest BCUT2D eigenvalue weighted by atomic mass is 9.94. The molecule has 1 rings (SSSR count). The molecule has 0 aromatic heterocycles. The molecule has 0 unspecified atom stereocenters. The SMILES string of the molecule is CC.CC.CCC(=O)N(C)C1CCCCC1. The molecule has 0 aromatic carbocycles. The van der Waals surface area contributed by atoms with Crippen molar-refractivity contribution in [2.45, 2.75) is 79.2 Å². The lowest BCUT2D eigenvalue weighted by Gasteiger charge is -2.31. The lowest BCUT2D eigenvalue weighted by Crippen LogP contribution is -2.37. The van der Waals surface area contributed by atoms with Gasteiger partial charge in [-0.15, -0.1) is 0 Å². The molecule has 0 atom stereocenters. The number of hydrogen-bond donors (Lipinski definition) is 0. The minimum atomic E-state index is 0.293. The summed E-state index contributed by atoms with van der Waals surface area (Å²) in [5.41, 5.74) is 0. The van der Waals surface area contributed by atoms with Crippen LogP contribution in [0.3, 0.4) is 0 Å². The molecule has 1 amide bonds. The summed E-state index contributed by atoms with van der Waals surface area (Å²) in [6.45, 7) is 9.93. The van der Waals surface area contributed by atoms with Gasteiger partial charge in [-0.25, -0.2) is 0 Å². The molecule has 1 saturated carbocycles. The Labute approximate surface area is 102 Å². The predicted octanol–water partition coefficient (Wildman–Crippen LogP) is 4.24. The van der Waals surface area contributed by atoms with E-state index in [0.717, 1.165) is 0 Å². The quantitative estimate of drug-likeness (QED) is 0.693. The van der Waals surface area contributed by atoms with Gasteiger partial charge in [0, 0.05) is 19.5 Å². The molecule has 1 aliphatic rings. The minimum absolute atomic E-state index is 0.293. The molecule has 0 heterocycles. The summed E-state index contributed by atoms with van der Waals surface area (Å²) in [7, 11) is 1.95. The molecule has 0 aromatic rings. The van der Waals surface area contributed by atoms with Crippen LogP contribution in [-0.2, 0) is 4.79 Å². The molecule has 0 radical (unpaired) electrons. The average molecular weight is 229 g/mol. The number of amides is 1. The third-order valence-electron chi connectivity index (χ3n) is 2.82. The second-order valence-electron chi connectivity index (χ2n) is 3.65. The van der Waals surface area contributed by atoms with E-state index < -0.39 is 0 Å². The van der Waals surface area contributed by atoms with Crippen LogP contribution in [0.2, 0.25) is 0 Å². The van der Waals surface area contributed by atoms with Gasteiger partial charge in [0.05, 0.1) is 0 Å². The Morgan fingerprint density at radius 2 is 1.50 bits per heavy atom. The zero-order valence-electron chi connectivity index (χ0n) is 12.2. The van der Waals surface area contributed by atoms with Crippen molar-refractivity contribution in [2.24, 2.45) is 0 Å². The van der Waals surface area contributed by atoms with Crippen LogP contribution in [0.25, 0.3) is 0 Å². The lowest BCUT2D eigenvalue weighted by molar-refractivity contribution is -0.132. The van der Waals surface area contributed by atoms with Crippen LogP contribution in [-0.4, -0.2) is 23.9 Å². The second-order valence-corrected chi connectivity index (χ2v) is 3.65. The van der Waals surface area contributed by atoms with Gasteiger partial charge in [-0.05, 0) is 12.8 Å².